The van der Waals surface area contributed by atoms with E-state index in [0.717, 1.165) is 23.2 Å². The highest BCUT2D eigenvalue weighted by molar-refractivity contribution is 5.97. The fraction of sp³-hybridized carbons (Fsp3) is 0.200. The van der Waals surface area contributed by atoms with E-state index in [4.69, 9.17) is 4.74 Å². The highest BCUT2D eigenvalue weighted by Gasteiger charge is 2.36. The fourth-order valence-electron chi connectivity index (χ4n) is 3.04. The number of carbonyl (C=O) groups is 4. The summed E-state index contributed by atoms with van der Waals surface area (Å²) in [6.07, 6.45) is -0.258. The Kier molecular flexibility index (Phi) is 7.10. The van der Waals surface area contributed by atoms with Crippen LogP contribution in [0.4, 0.5) is 17.1 Å². The smallest absolute Gasteiger partial charge is 0.311 e. The molecule has 176 valence electrons. The van der Waals surface area contributed by atoms with Gasteiger partial charge in [0.25, 0.3) is 23.2 Å². The van der Waals surface area contributed by atoms with E-state index in [1.54, 1.807) is 0 Å². The zero-order valence-electron chi connectivity index (χ0n) is 17.3. The molecular weight excluding hydrogens is 454 g/mol. The lowest BCUT2D eigenvalue weighted by atomic mass is 10.1. The SMILES string of the molecule is O=C(COC(=O)[C@@H]1CC(=O)N(NC(=O)c2ccc([N+](=O)[O-])cc2)C1)Nc1cccc([N+](=O)[O-])c1. The lowest BCUT2D eigenvalue weighted by Gasteiger charge is -2.17. The molecule has 0 bridgehead atoms. The average molecular weight is 471 g/mol. The first kappa shape index (κ1) is 23.8. The number of non-ortho nitro benzene ring substituents is 2. The Labute approximate surface area is 190 Å². The lowest BCUT2D eigenvalue weighted by Crippen LogP contribution is -2.43. The molecule has 14 heteroatoms. The van der Waals surface area contributed by atoms with Crippen LogP contribution in [0.5, 0.6) is 0 Å². The minimum absolute atomic E-state index is 0.0715. The van der Waals surface area contributed by atoms with Gasteiger partial charge in [-0.2, -0.15) is 0 Å². The Balaban J connectivity index is 1.49. The van der Waals surface area contributed by atoms with E-state index < -0.39 is 46.1 Å². The summed E-state index contributed by atoms with van der Waals surface area (Å²) in [6, 6.07) is 9.91. The minimum atomic E-state index is -0.935. The van der Waals surface area contributed by atoms with Crippen LogP contribution in [0.1, 0.15) is 16.8 Å². The van der Waals surface area contributed by atoms with Crippen LogP contribution >= 0.6 is 0 Å². The maximum atomic E-state index is 12.3. The monoisotopic (exact) mass is 471 g/mol. The van der Waals surface area contributed by atoms with Crippen molar-refractivity contribution in [2.24, 2.45) is 5.92 Å². The predicted octanol–water partition coefficient (Wildman–Crippen LogP) is 1.18. The zero-order chi connectivity index (χ0) is 24.8. The highest BCUT2D eigenvalue weighted by atomic mass is 16.6. The van der Waals surface area contributed by atoms with Crippen molar-refractivity contribution >= 4 is 40.8 Å². The first-order valence-electron chi connectivity index (χ1n) is 9.71. The summed E-state index contributed by atoms with van der Waals surface area (Å²) in [5.74, 6) is -3.77. The molecule has 3 rings (SSSR count). The first-order valence-corrected chi connectivity index (χ1v) is 9.71. The molecule has 1 saturated heterocycles. The summed E-state index contributed by atoms with van der Waals surface area (Å²) >= 11 is 0. The van der Waals surface area contributed by atoms with Gasteiger partial charge in [-0.05, 0) is 18.2 Å². The molecule has 0 aromatic heterocycles. The molecule has 0 aliphatic carbocycles. The average Bonchev–Trinajstić information content (AvgIpc) is 3.17. The topological polar surface area (TPSA) is 191 Å². The molecule has 1 aliphatic rings. The van der Waals surface area contributed by atoms with E-state index in [9.17, 15) is 39.4 Å². The van der Waals surface area contributed by atoms with Gasteiger partial charge in [-0.15, -0.1) is 0 Å². The van der Waals surface area contributed by atoms with Gasteiger partial charge in [0.1, 0.15) is 0 Å². The maximum Gasteiger partial charge on any atom is 0.311 e. The molecule has 0 spiro atoms. The van der Waals surface area contributed by atoms with Crippen molar-refractivity contribution in [3.05, 3.63) is 74.3 Å². The number of nitrogens with one attached hydrogen (secondary N) is 2. The van der Waals surface area contributed by atoms with Crippen LogP contribution in [-0.4, -0.2) is 51.7 Å². The van der Waals surface area contributed by atoms with Gasteiger partial charge in [-0.1, -0.05) is 6.07 Å². The fourth-order valence-corrected chi connectivity index (χ4v) is 3.04. The Morgan fingerprint density at radius 2 is 1.71 bits per heavy atom. The third kappa shape index (κ3) is 5.87. The number of carbonyl (C=O) groups excluding carboxylic acids is 4. The molecule has 1 heterocycles. The molecule has 0 unspecified atom stereocenters. The number of nitro groups is 2. The van der Waals surface area contributed by atoms with Gasteiger partial charge in [0.15, 0.2) is 6.61 Å². The van der Waals surface area contributed by atoms with E-state index in [-0.39, 0.29) is 35.6 Å². The summed E-state index contributed by atoms with van der Waals surface area (Å²) in [4.78, 5) is 68.9. The normalized spacial score (nSPS) is 14.9. The summed E-state index contributed by atoms with van der Waals surface area (Å²) in [6.45, 7) is -0.871. The van der Waals surface area contributed by atoms with Gasteiger partial charge < -0.3 is 10.1 Å². The van der Waals surface area contributed by atoms with Crippen molar-refractivity contribution in [1.29, 1.82) is 0 Å². The van der Waals surface area contributed by atoms with E-state index in [1.165, 1.54) is 30.3 Å². The minimum Gasteiger partial charge on any atom is -0.455 e. The molecule has 0 saturated carbocycles. The number of anilines is 1. The third-order valence-electron chi connectivity index (χ3n) is 4.72. The second-order valence-electron chi connectivity index (χ2n) is 7.11. The molecule has 14 nitrogen and oxygen atoms in total. The van der Waals surface area contributed by atoms with Gasteiger partial charge in [0, 0.05) is 41.9 Å². The van der Waals surface area contributed by atoms with Gasteiger partial charge >= 0.3 is 5.97 Å². The number of ether oxygens (including phenoxy) is 1. The molecular formula is C20H17N5O9. The van der Waals surface area contributed by atoms with E-state index >= 15 is 0 Å². The number of nitrogens with zero attached hydrogens (tertiary/aromatic N) is 3. The summed E-state index contributed by atoms with van der Waals surface area (Å²) < 4.78 is 4.92. The van der Waals surface area contributed by atoms with E-state index in [0.29, 0.717) is 0 Å². The van der Waals surface area contributed by atoms with Crippen LogP contribution in [0.2, 0.25) is 0 Å². The largest absolute Gasteiger partial charge is 0.455 e. The molecule has 2 N–H and O–H groups in total. The Morgan fingerprint density at radius 3 is 2.35 bits per heavy atom. The van der Waals surface area contributed by atoms with E-state index in [2.05, 4.69) is 10.7 Å². The molecule has 1 fully saturated rings. The van der Waals surface area contributed by atoms with Gasteiger partial charge in [0.2, 0.25) is 5.91 Å². The van der Waals surface area contributed by atoms with Crippen molar-refractivity contribution in [3.8, 4) is 0 Å². The number of hydrogen-bond donors (Lipinski definition) is 2. The van der Waals surface area contributed by atoms with Crippen molar-refractivity contribution in [2.45, 2.75) is 6.42 Å². The maximum absolute atomic E-state index is 12.3. The number of benzene rings is 2. The number of nitro benzene ring substituents is 2. The van der Waals surface area contributed by atoms with Crippen molar-refractivity contribution in [2.75, 3.05) is 18.5 Å². The van der Waals surface area contributed by atoms with Crippen LogP contribution in [0.3, 0.4) is 0 Å². The molecule has 34 heavy (non-hydrogen) atoms. The van der Waals surface area contributed by atoms with Gasteiger partial charge in [-0.3, -0.25) is 49.8 Å². The number of amides is 3. The molecule has 3 amide bonds. The predicted molar refractivity (Wildman–Crippen MR) is 113 cm³/mol. The second-order valence-corrected chi connectivity index (χ2v) is 7.11. The van der Waals surface area contributed by atoms with Gasteiger partial charge in [0.05, 0.1) is 22.3 Å². The van der Waals surface area contributed by atoms with Crippen LogP contribution in [-0.2, 0) is 19.1 Å². The van der Waals surface area contributed by atoms with Crippen LogP contribution in [0, 0.1) is 26.1 Å². The quantitative estimate of drug-likeness (QED) is 0.323. The van der Waals surface area contributed by atoms with Crippen LogP contribution in [0.15, 0.2) is 48.5 Å². The van der Waals surface area contributed by atoms with Crippen molar-refractivity contribution in [1.82, 2.24) is 10.4 Å². The van der Waals surface area contributed by atoms with Crippen LogP contribution in [0.25, 0.3) is 0 Å². The molecule has 1 aliphatic heterocycles. The summed E-state index contributed by atoms with van der Waals surface area (Å²) in [5.41, 5.74) is 2.11. The zero-order valence-corrected chi connectivity index (χ0v) is 17.3. The highest BCUT2D eigenvalue weighted by Crippen LogP contribution is 2.19. The molecule has 2 aromatic carbocycles. The summed E-state index contributed by atoms with van der Waals surface area (Å²) in [7, 11) is 0. The Hall–Kier alpha value is -4.88. The number of rotatable bonds is 8. The van der Waals surface area contributed by atoms with Crippen molar-refractivity contribution in [3.63, 3.8) is 0 Å². The molecule has 2 aromatic rings. The van der Waals surface area contributed by atoms with E-state index in [1.807, 2.05) is 0 Å². The van der Waals surface area contributed by atoms with Crippen LogP contribution < -0.4 is 10.7 Å². The standard InChI is InChI=1S/C20H17N5O9/c26-17(21-14-2-1-3-16(9-14)25(32)33)11-34-20(29)13-8-18(27)23(10-13)22-19(28)12-4-6-15(7-5-12)24(30)31/h1-7,9,13H,8,10-11H2,(H,21,26)(H,22,28)/t13-/m1/s1. The Bertz CT molecular complexity index is 1170. The van der Waals surface area contributed by atoms with Crippen molar-refractivity contribution < 1.29 is 33.8 Å². The number of hydrazine groups is 1. The first-order chi connectivity index (χ1) is 16.1. The van der Waals surface area contributed by atoms with Gasteiger partial charge in [-0.25, -0.2) is 0 Å². The third-order valence-corrected chi connectivity index (χ3v) is 4.72. The number of esters is 1. The summed E-state index contributed by atoms with van der Waals surface area (Å²) in [5, 5.41) is 24.8. The lowest BCUT2D eigenvalue weighted by molar-refractivity contribution is -0.385. The Morgan fingerprint density at radius 1 is 1.03 bits per heavy atom. The number of hydrogen-bond acceptors (Lipinski definition) is 9. The molecule has 1 atom stereocenters. The second kappa shape index (κ2) is 10.2. The molecule has 0 radical (unpaired) electrons.